The minimum Gasteiger partial charge on any atom is -0.365 e. The highest BCUT2D eigenvalue weighted by Gasteiger charge is 2.27. The Labute approximate surface area is 163 Å². The van der Waals surface area contributed by atoms with Gasteiger partial charge in [0.25, 0.3) is 0 Å². The van der Waals surface area contributed by atoms with Crippen molar-refractivity contribution in [3.63, 3.8) is 0 Å². The SMILES string of the molecule is O=C(NO)/C(F)=C\c1cnc(N[C@@H]2CCCN(C3CCCCC3)C2)c(Cl)c1. The maximum atomic E-state index is 13.5. The lowest BCUT2D eigenvalue weighted by molar-refractivity contribution is -0.126. The van der Waals surface area contributed by atoms with Gasteiger partial charge in [0.2, 0.25) is 0 Å². The lowest BCUT2D eigenvalue weighted by Gasteiger charge is -2.40. The number of anilines is 1. The van der Waals surface area contributed by atoms with E-state index >= 15 is 0 Å². The van der Waals surface area contributed by atoms with Gasteiger partial charge in [-0.1, -0.05) is 30.9 Å². The smallest absolute Gasteiger partial charge is 0.303 e. The number of carbonyl (C=O) groups excluding carboxylic acids is 1. The second-order valence-electron chi connectivity index (χ2n) is 7.30. The average Bonchev–Trinajstić information content (AvgIpc) is 2.70. The zero-order valence-electron chi connectivity index (χ0n) is 15.3. The van der Waals surface area contributed by atoms with Crippen LogP contribution in [-0.2, 0) is 4.79 Å². The van der Waals surface area contributed by atoms with Gasteiger partial charge in [-0.2, -0.15) is 0 Å². The number of piperidine rings is 1. The number of carbonyl (C=O) groups is 1. The highest BCUT2D eigenvalue weighted by molar-refractivity contribution is 6.33. The van der Waals surface area contributed by atoms with E-state index in [-0.39, 0.29) is 6.04 Å². The van der Waals surface area contributed by atoms with Crippen molar-refractivity contribution < 1.29 is 14.4 Å². The number of hydrogen-bond acceptors (Lipinski definition) is 5. The van der Waals surface area contributed by atoms with E-state index in [0.717, 1.165) is 32.0 Å². The summed E-state index contributed by atoms with van der Waals surface area (Å²) < 4.78 is 13.5. The number of hydroxylamine groups is 1. The molecule has 1 aromatic heterocycles. The molecule has 0 aromatic carbocycles. The van der Waals surface area contributed by atoms with Crippen LogP contribution in [0.4, 0.5) is 10.2 Å². The van der Waals surface area contributed by atoms with Gasteiger partial charge < -0.3 is 5.32 Å². The van der Waals surface area contributed by atoms with Crippen molar-refractivity contribution >= 4 is 29.4 Å². The molecule has 1 aromatic rings. The van der Waals surface area contributed by atoms with Crippen LogP contribution in [0.2, 0.25) is 5.02 Å². The minimum atomic E-state index is -1.21. The Kier molecular flexibility index (Phi) is 7.04. The Morgan fingerprint density at radius 1 is 1.30 bits per heavy atom. The predicted octanol–water partition coefficient (Wildman–Crippen LogP) is 3.76. The monoisotopic (exact) mass is 396 g/mol. The summed E-state index contributed by atoms with van der Waals surface area (Å²) in [5.41, 5.74) is 1.59. The predicted molar refractivity (Wildman–Crippen MR) is 103 cm³/mol. The quantitative estimate of drug-likeness (QED) is 0.401. The highest BCUT2D eigenvalue weighted by atomic mass is 35.5. The molecule has 2 heterocycles. The first-order chi connectivity index (χ1) is 13.1. The van der Waals surface area contributed by atoms with Crippen LogP contribution >= 0.6 is 11.6 Å². The van der Waals surface area contributed by atoms with Crippen LogP contribution in [0.3, 0.4) is 0 Å². The summed E-state index contributed by atoms with van der Waals surface area (Å²) in [6.07, 6.45) is 11.2. The first kappa shape index (κ1) is 20.0. The standard InChI is InChI=1S/C19H26ClFN4O2/c20-16-9-13(10-17(21)19(26)24-27)11-22-18(16)23-14-5-4-8-25(12-14)15-6-2-1-3-7-15/h9-11,14-15,27H,1-8,12H2,(H,22,23)(H,24,26)/b17-10+/t14-/m1/s1. The minimum absolute atomic E-state index is 0.281. The molecule has 6 nitrogen and oxygen atoms in total. The maximum Gasteiger partial charge on any atom is 0.303 e. The van der Waals surface area contributed by atoms with E-state index in [0.29, 0.717) is 22.4 Å². The summed E-state index contributed by atoms with van der Waals surface area (Å²) in [7, 11) is 0. The molecule has 1 atom stereocenters. The van der Waals surface area contributed by atoms with E-state index < -0.39 is 11.7 Å². The van der Waals surface area contributed by atoms with Crippen LogP contribution in [0.15, 0.2) is 18.1 Å². The van der Waals surface area contributed by atoms with Crippen LogP contribution in [-0.4, -0.2) is 46.2 Å². The number of pyridine rings is 1. The van der Waals surface area contributed by atoms with E-state index in [2.05, 4.69) is 15.2 Å². The summed E-state index contributed by atoms with van der Waals surface area (Å²) in [5.74, 6) is -1.76. The Morgan fingerprint density at radius 2 is 2.07 bits per heavy atom. The maximum absolute atomic E-state index is 13.5. The fourth-order valence-electron chi connectivity index (χ4n) is 4.00. The molecule has 1 saturated carbocycles. The summed E-state index contributed by atoms with van der Waals surface area (Å²) in [4.78, 5) is 17.9. The van der Waals surface area contributed by atoms with Crippen molar-refractivity contribution in [3.05, 3.63) is 28.7 Å². The number of aromatic nitrogens is 1. The van der Waals surface area contributed by atoms with Crippen LogP contribution in [0.5, 0.6) is 0 Å². The van der Waals surface area contributed by atoms with Crippen molar-refractivity contribution in [1.82, 2.24) is 15.4 Å². The van der Waals surface area contributed by atoms with Gasteiger partial charge in [0.05, 0.1) is 5.02 Å². The number of nitrogens with one attached hydrogen (secondary N) is 2. The molecular weight excluding hydrogens is 371 g/mol. The van der Waals surface area contributed by atoms with Crippen molar-refractivity contribution in [2.24, 2.45) is 0 Å². The zero-order valence-corrected chi connectivity index (χ0v) is 16.0. The van der Waals surface area contributed by atoms with Gasteiger partial charge >= 0.3 is 5.91 Å². The average molecular weight is 397 g/mol. The third-order valence-corrected chi connectivity index (χ3v) is 5.65. The van der Waals surface area contributed by atoms with E-state index in [4.69, 9.17) is 16.8 Å². The zero-order chi connectivity index (χ0) is 19.2. The fraction of sp³-hybridized carbons (Fsp3) is 0.579. The van der Waals surface area contributed by atoms with E-state index in [1.54, 1.807) is 6.07 Å². The van der Waals surface area contributed by atoms with Crippen molar-refractivity contribution in [2.45, 2.75) is 57.0 Å². The van der Waals surface area contributed by atoms with Gasteiger partial charge in [0, 0.05) is 24.8 Å². The molecule has 2 aliphatic rings. The second-order valence-corrected chi connectivity index (χ2v) is 7.71. The van der Waals surface area contributed by atoms with E-state index in [1.807, 2.05) is 0 Å². The molecule has 148 valence electrons. The lowest BCUT2D eigenvalue weighted by atomic mass is 9.92. The highest BCUT2D eigenvalue weighted by Crippen LogP contribution is 2.28. The Hall–Kier alpha value is -1.70. The Balaban J connectivity index is 1.62. The lowest BCUT2D eigenvalue weighted by Crippen LogP contribution is -2.47. The van der Waals surface area contributed by atoms with Crippen LogP contribution in [0.1, 0.15) is 50.5 Å². The number of halogens is 2. The van der Waals surface area contributed by atoms with Crippen LogP contribution < -0.4 is 10.8 Å². The Morgan fingerprint density at radius 3 is 2.78 bits per heavy atom. The summed E-state index contributed by atoms with van der Waals surface area (Å²) in [6.45, 7) is 2.13. The van der Waals surface area contributed by atoms with Crippen LogP contribution in [0.25, 0.3) is 6.08 Å². The first-order valence-electron chi connectivity index (χ1n) is 9.54. The molecule has 27 heavy (non-hydrogen) atoms. The summed E-state index contributed by atoms with van der Waals surface area (Å²) in [6, 6.07) is 2.52. The molecular formula is C19H26ClFN4O2. The molecule has 0 spiro atoms. The summed E-state index contributed by atoms with van der Waals surface area (Å²) >= 11 is 6.29. The number of rotatable bonds is 5. The Bertz CT molecular complexity index is 694. The van der Waals surface area contributed by atoms with Crippen molar-refractivity contribution in [1.29, 1.82) is 0 Å². The molecule has 0 unspecified atom stereocenters. The van der Waals surface area contributed by atoms with Crippen LogP contribution in [0, 0.1) is 0 Å². The van der Waals surface area contributed by atoms with E-state index in [1.165, 1.54) is 43.8 Å². The fourth-order valence-corrected chi connectivity index (χ4v) is 4.23. The molecule has 1 amide bonds. The van der Waals surface area contributed by atoms with E-state index in [9.17, 15) is 9.18 Å². The number of amides is 1. The molecule has 1 aliphatic carbocycles. The van der Waals surface area contributed by atoms with Gasteiger partial charge in [-0.05, 0) is 49.9 Å². The molecule has 2 fully saturated rings. The van der Waals surface area contributed by atoms with Gasteiger partial charge in [-0.25, -0.2) is 14.9 Å². The third-order valence-electron chi connectivity index (χ3n) is 5.36. The van der Waals surface area contributed by atoms with Gasteiger partial charge in [0.15, 0.2) is 5.83 Å². The van der Waals surface area contributed by atoms with Crippen molar-refractivity contribution in [3.8, 4) is 0 Å². The molecule has 3 N–H and O–H groups in total. The first-order valence-corrected chi connectivity index (χ1v) is 9.92. The van der Waals surface area contributed by atoms with Gasteiger partial charge in [-0.15, -0.1) is 0 Å². The molecule has 3 rings (SSSR count). The molecule has 0 bridgehead atoms. The van der Waals surface area contributed by atoms with Crippen molar-refractivity contribution in [2.75, 3.05) is 18.4 Å². The second kappa shape index (κ2) is 9.48. The molecule has 8 heteroatoms. The van der Waals surface area contributed by atoms with Gasteiger partial charge in [0.1, 0.15) is 5.82 Å². The third kappa shape index (κ3) is 5.40. The molecule has 1 saturated heterocycles. The summed E-state index contributed by atoms with van der Waals surface area (Å²) in [5, 5.41) is 12.2. The largest absolute Gasteiger partial charge is 0.365 e. The molecule has 1 aliphatic heterocycles. The number of likely N-dealkylation sites (tertiary alicyclic amines) is 1. The topological polar surface area (TPSA) is 77.5 Å². The number of nitrogens with zero attached hydrogens (tertiary/aromatic N) is 2. The number of hydrogen-bond donors (Lipinski definition) is 3. The van der Waals surface area contributed by atoms with Gasteiger partial charge in [-0.3, -0.25) is 14.9 Å². The molecule has 0 radical (unpaired) electrons. The normalized spacial score (nSPS) is 22.5.